The fraction of sp³-hybridized carbons (Fsp3) is 0. The molecule has 0 bridgehead atoms. The van der Waals surface area contributed by atoms with Gasteiger partial charge in [0.1, 0.15) is 0 Å². The molecule has 3 aromatic rings. The van der Waals surface area contributed by atoms with Gasteiger partial charge in [-0.2, -0.15) is 0 Å². The van der Waals surface area contributed by atoms with Crippen molar-refractivity contribution in [3.63, 3.8) is 0 Å². The highest BCUT2D eigenvalue weighted by molar-refractivity contribution is 7.07. The summed E-state index contributed by atoms with van der Waals surface area (Å²) in [5.41, 5.74) is 5.82. The normalized spacial score (nSPS) is 10.4. The van der Waals surface area contributed by atoms with Crippen molar-refractivity contribution in [2.24, 2.45) is 0 Å². The SMILES string of the molecule is c1ccc(-c2csc[n+]2-c2ccccc2)cc1. The van der Waals surface area contributed by atoms with Gasteiger partial charge in [0.25, 0.3) is 0 Å². The van der Waals surface area contributed by atoms with E-state index in [9.17, 15) is 0 Å². The third kappa shape index (κ3) is 1.99. The van der Waals surface area contributed by atoms with Crippen LogP contribution in [0.15, 0.2) is 71.6 Å². The van der Waals surface area contributed by atoms with Crippen LogP contribution in [-0.2, 0) is 0 Å². The Morgan fingerprint density at radius 2 is 1.41 bits per heavy atom. The Hall–Kier alpha value is -1.93. The number of nitrogens with zero attached hydrogens (tertiary/aromatic N) is 1. The Labute approximate surface area is 105 Å². The minimum Gasteiger partial charge on any atom is -0.150 e. The Balaban J connectivity index is 2.13. The highest BCUT2D eigenvalue weighted by atomic mass is 32.1. The van der Waals surface area contributed by atoms with E-state index in [1.165, 1.54) is 16.9 Å². The van der Waals surface area contributed by atoms with E-state index in [0.29, 0.717) is 0 Å². The van der Waals surface area contributed by atoms with Gasteiger partial charge in [0, 0.05) is 17.7 Å². The summed E-state index contributed by atoms with van der Waals surface area (Å²) in [6.45, 7) is 0. The predicted molar refractivity (Wildman–Crippen MR) is 71.3 cm³/mol. The fourth-order valence-electron chi connectivity index (χ4n) is 1.87. The predicted octanol–water partition coefficient (Wildman–Crippen LogP) is 3.69. The van der Waals surface area contributed by atoms with Crippen LogP contribution in [-0.4, -0.2) is 0 Å². The molecule has 0 fully saturated rings. The smallest absolute Gasteiger partial charge is 0.150 e. The van der Waals surface area contributed by atoms with Crippen LogP contribution in [0.3, 0.4) is 0 Å². The molecule has 0 unspecified atom stereocenters. The van der Waals surface area contributed by atoms with E-state index in [1.54, 1.807) is 11.3 Å². The summed E-state index contributed by atoms with van der Waals surface area (Å²) in [6, 6.07) is 20.9. The molecule has 1 nitrogen and oxygen atoms in total. The van der Waals surface area contributed by atoms with E-state index in [0.717, 1.165) is 0 Å². The molecule has 1 heterocycles. The topological polar surface area (TPSA) is 3.88 Å². The van der Waals surface area contributed by atoms with Crippen molar-refractivity contribution in [1.29, 1.82) is 0 Å². The van der Waals surface area contributed by atoms with Crippen LogP contribution in [0.5, 0.6) is 0 Å². The van der Waals surface area contributed by atoms with Gasteiger partial charge < -0.3 is 0 Å². The van der Waals surface area contributed by atoms with Crippen LogP contribution in [0.25, 0.3) is 16.9 Å². The van der Waals surface area contributed by atoms with Gasteiger partial charge >= 0.3 is 0 Å². The maximum Gasteiger partial charge on any atom is 0.231 e. The van der Waals surface area contributed by atoms with Crippen molar-refractivity contribution in [1.82, 2.24) is 0 Å². The molecule has 2 heteroatoms. The van der Waals surface area contributed by atoms with E-state index < -0.39 is 0 Å². The first-order chi connectivity index (χ1) is 8.45. The van der Waals surface area contributed by atoms with Crippen LogP contribution in [0.4, 0.5) is 0 Å². The molecule has 0 radical (unpaired) electrons. The molecule has 0 spiro atoms. The first-order valence-corrected chi connectivity index (χ1v) is 6.48. The highest BCUT2D eigenvalue weighted by Crippen LogP contribution is 2.18. The maximum atomic E-state index is 2.22. The van der Waals surface area contributed by atoms with Gasteiger partial charge in [-0.25, -0.2) is 0 Å². The molecule has 0 N–H and O–H groups in total. The lowest BCUT2D eigenvalue weighted by atomic mass is 10.1. The van der Waals surface area contributed by atoms with Crippen LogP contribution >= 0.6 is 11.3 Å². The number of hydrogen-bond acceptors (Lipinski definition) is 1. The molecule has 0 saturated heterocycles. The zero-order valence-electron chi connectivity index (χ0n) is 9.28. The highest BCUT2D eigenvalue weighted by Gasteiger charge is 2.15. The molecule has 82 valence electrons. The maximum absolute atomic E-state index is 2.22. The molecule has 3 rings (SSSR count). The van der Waals surface area contributed by atoms with E-state index in [-0.39, 0.29) is 0 Å². The van der Waals surface area contributed by atoms with Crippen LogP contribution < -0.4 is 4.57 Å². The summed E-state index contributed by atoms with van der Waals surface area (Å²) < 4.78 is 2.22. The van der Waals surface area contributed by atoms with E-state index in [4.69, 9.17) is 0 Å². The third-order valence-corrected chi connectivity index (χ3v) is 3.40. The van der Waals surface area contributed by atoms with Crippen molar-refractivity contribution in [3.05, 3.63) is 71.6 Å². The van der Waals surface area contributed by atoms with Crippen molar-refractivity contribution in [2.45, 2.75) is 0 Å². The Bertz CT molecular complexity index is 545. The van der Waals surface area contributed by atoms with Gasteiger partial charge in [-0.3, -0.25) is 0 Å². The number of thiazole rings is 1. The van der Waals surface area contributed by atoms with Crippen LogP contribution in [0.1, 0.15) is 0 Å². The molecule has 0 aliphatic carbocycles. The molecular formula is C15H12NS+. The summed E-state index contributed by atoms with van der Waals surface area (Å²) in [5, 5.41) is 2.18. The summed E-state index contributed by atoms with van der Waals surface area (Å²) in [5.74, 6) is 0. The minimum atomic E-state index is 1.20. The van der Waals surface area contributed by atoms with Gasteiger partial charge in [-0.05, 0) is 12.1 Å². The van der Waals surface area contributed by atoms with Crippen molar-refractivity contribution >= 4 is 11.3 Å². The number of benzene rings is 2. The van der Waals surface area contributed by atoms with E-state index in [2.05, 4.69) is 64.0 Å². The second-order valence-electron chi connectivity index (χ2n) is 3.82. The summed E-state index contributed by atoms with van der Waals surface area (Å²) in [6.07, 6.45) is 0. The van der Waals surface area contributed by atoms with Crippen molar-refractivity contribution in [2.75, 3.05) is 0 Å². The van der Waals surface area contributed by atoms with E-state index >= 15 is 0 Å². The third-order valence-electron chi connectivity index (χ3n) is 2.71. The van der Waals surface area contributed by atoms with Gasteiger partial charge in [0.15, 0.2) is 0 Å². The van der Waals surface area contributed by atoms with Crippen LogP contribution in [0.2, 0.25) is 0 Å². The summed E-state index contributed by atoms with van der Waals surface area (Å²) >= 11 is 1.72. The molecule has 0 aliphatic rings. The number of hydrogen-bond donors (Lipinski definition) is 0. The van der Waals surface area contributed by atoms with Gasteiger partial charge in [-0.15, -0.1) is 4.57 Å². The summed E-state index contributed by atoms with van der Waals surface area (Å²) in [4.78, 5) is 0. The second-order valence-corrected chi connectivity index (χ2v) is 4.53. The zero-order chi connectivity index (χ0) is 11.5. The van der Waals surface area contributed by atoms with Crippen LogP contribution in [0, 0.1) is 0 Å². The number of rotatable bonds is 2. The molecule has 17 heavy (non-hydrogen) atoms. The monoisotopic (exact) mass is 238 g/mol. The average Bonchev–Trinajstić information content (AvgIpc) is 2.90. The number of para-hydroxylation sites is 1. The van der Waals surface area contributed by atoms with Gasteiger partial charge in [-0.1, -0.05) is 47.7 Å². The fourth-order valence-corrected chi connectivity index (χ4v) is 2.67. The average molecular weight is 238 g/mol. The molecule has 0 atom stereocenters. The minimum absolute atomic E-state index is 1.20. The Morgan fingerprint density at radius 1 is 0.765 bits per heavy atom. The van der Waals surface area contributed by atoms with Gasteiger partial charge in [0.05, 0.1) is 5.38 Å². The first-order valence-electron chi connectivity index (χ1n) is 5.54. The number of aromatic nitrogens is 1. The largest absolute Gasteiger partial charge is 0.231 e. The molecule has 0 saturated carbocycles. The Kier molecular flexibility index (Phi) is 2.72. The first kappa shape index (κ1) is 10.2. The van der Waals surface area contributed by atoms with Gasteiger partial charge in [0.2, 0.25) is 16.9 Å². The lowest BCUT2D eigenvalue weighted by Crippen LogP contribution is -2.29. The quantitative estimate of drug-likeness (QED) is 0.599. The molecule has 0 aliphatic heterocycles. The second kappa shape index (κ2) is 4.52. The van der Waals surface area contributed by atoms with E-state index in [1.807, 2.05) is 12.1 Å². The van der Waals surface area contributed by atoms with Crippen molar-refractivity contribution in [3.8, 4) is 16.9 Å². The lowest BCUT2D eigenvalue weighted by molar-refractivity contribution is -0.578. The standard InChI is InChI=1S/C15H12NS/c1-3-7-13(8-4-1)15-11-17-12-16(15)14-9-5-2-6-10-14/h1-12H/q+1. The summed E-state index contributed by atoms with van der Waals surface area (Å²) in [7, 11) is 0. The Morgan fingerprint density at radius 3 is 2.12 bits per heavy atom. The molecular weight excluding hydrogens is 226 g/mol. The molecule has 1 aromatic heterocycles. The molecule has 0 amide bonds. The molecule has 2 aromatic carbocycles. The zero-order valence-corrected chi connectivity index (χ0v) is 10.1. The lowest BCUT2D eigenvalue weighted by Gasteiger charge is -1.97. The van der Waals surface area contributed by atoms with Crippen molar-refractivity contribution < 1.29 is 4.57 Å².